The average Bonchev–Trinajstić information content (AvgIpc) is 2.76. The first kappa shape index (κ1) is 6.81. The largest absolute Gasteiger partial charge is 0.292 e. The summed E-state index contributed by atoms with van der Waals surface area (Å²) in [5.74, 6) is 2.65. The van der Waals surface area contributed by atoms with Gasteiger partial charge in [0.15, 0.2) is 5.66 Å². The normalized spacial score (nSPS) is 26.8. The molecule has 1 fully saturated rings. The van der Waals surface area contributed by atoms with E-state index in [4.69, 9.17) is 6.42 Å². The summed E-state index contributed by atoms with van der Waals surface area (Å²) in [5.41, 5.74) is 0.0467. The van der Waals surface area contributed by atoms with E-state index in [0.717, 1.165) is 32.5 Å². The van der Waals surface area contributed by atoms with Gasteiger partial charge in [-0.05, 0) is 0 Å². The number of hydrogen-bond donors (Lipinski definition) is 0. The number of piperidine rings is 1. The minimum absolute atomic E-state index is 0.0467. The summed E-state index contributed by atoms with van der Waals surface area (Å²) in [6.07, 6.45) is 7.33. The summed E-state index contributed by atoms with van der Waals surface area (Å²) < 4.78 is 0. The van der Waals surface area contributed by atoms with Crippen molar-refractivity contribution in [2.75, 3.05) is 19.6 Å². The third-order valence-electron chi connectivity index (χ3n) is 2.35. The Morgan fingerprint density at radius 2 is 2.00 bits per heavy atom. The van der Waals surface area contributed by atoms with Gasteiger partial charge >= 0.3 is 0 Å². The van der Waals surface area contributed by atoms with Gasteiger partial charge in [-0.1, -0.05) is 5.92 Å². The maximum absolute atomic E-state index is 5.20. The molecule has 0 unspecified atom stereocenters. The SMILES string of the molecule is C#CCN1CCC2(CC1)N=N2. The van der Waals surface area contributed by atoms with E-state index >= 15 is 0 Å². The lowest BCUT2D eigenvalue weighted by Crippen LogP contribution is -2.37. The molecule has 2 rings (SSSR count). The summed E-state index contributed by atoms with van der Waals surface area (Å²) >= 11 is 0. The molecule has 3 heteroatoms. The number of terminal acetylenes is 1. The fourth-order valence-corrected chi connectivity index (χ4v) is 1.47. The Kier molecular flexibility index (Phi) is 1.43. The van der Waals surface area contributed by atoms with E-state index < -0.39 is 0 Å². The monoisotopic (exact) mass is 149 g/mol. The molecule has 3 nitrogen and oxygen atoms in total. The van der Waals surface area contributed by atoms with Gasteiger partial charge < -0.3 is 0 Å². The first-order valence-electron chi connectivity index (χ1n) is 3.95. The molecule has 11 heavy (non-hydrogen) atoms. The summed E-state index contributed by atoms with van der Waals surface area (Å²) in [5, 5.41) is 8.07. The van der Waals surface area contributed by atoms with Crippen LogP contribution in [0.3, 0.4) is 0 Å². The number of likely N-dealkylation sites (tertiary alicyclic amines) is 1. The maximum Gasteiger partial charge on any atom is 0.193 e. The van der Waals surface area contributed by atoms with Crippen molar-refractivity contribution in [2.45, 2.75) is 18.5 Å². The van der Waals surface area contributed by atoms with Crippen LogP contribution in [-0.2, 0) is 0 Å². The van der Waals surface area contributed by atoms with E-state index in [1.807, 2.05) is 0 Å². The van der Waals surface area contributed by atoms with Crippen molar-refractivity contribution in [2.24, 2.45) is 10.2 Å². The fourth-order valence-electron chi connectivity index (χ4n) is 1.47. The van der Waals surface area contributed by atoms with E-state index in [1.54, 1.807) is 0 Å². The zero-order chi connectivity index (χ0) is 7.73. The van der Waals surface area contributed by atoms with Crippen molar-refractivity contribution in [1.29, 1.82) is 0 Å². The second-order valence-corrected chi connectivity index (χ2v) is 3.16. The number of rotatable bonds is 1. The van der Waals surface area contributed by atoms with Crippen molar-refractivity contribution < 1.29 is 0 Å². The second-order valence-electron chi connectivity index (χ2n) is 3.16. The lowest BCUT2D eigenvalue weighted by atomic mass is 10.0. The Morgan fingerprint density at radius 1 is 1.36 bits per heavy atom. The molecule has 0 aromatic heterocycles. The molecular formula is C8H11N3. The van der Waals surface area contributed by atoms with Gasteiger partial charge in [-0.15, -0.1) is 6.42 Å². The summed E-state index contributed by atoms with van der Waals surface area (Å²) in [6, 6.07) is 0. The third kappa shape index (κ3) is 1.26. The molecule has 1 spiro atoms. The van der Waals surface area contributed by atoms with Crippen molar-refractivity contribution in [3.63, 3.8) is 0 Å². The molecule has 0 bridgehead atoms. The minimum Gasteiger partial charge on any atom is -0.292 e. The zero-order valence-electron chi connectivity index (χ0n) is 6.45. The predicted molar refractivity (Wildman–Crippen MR) is 42.1 cm³/mol. The maximum atomic E-state index is 5.20. The van der Waals surface area contributed by atoms with Crippen LogP contribution in [0.15, 0.2) is 10.2 Å². The smallest absolute Gasteiger partial charge is 0.193 e. The van der Waals surface area contributed by atoms with Crippen molar-refractivity contribution in [3.05, 3.63) is 0 Å². The molecule has 0 aromatic carbocycles. The van der Waals surface area contributed by atoms with Gasteiger partial charge in [-0.3, -0.25) is 4.90 Å². The van der Waals surface area contributed by atoms with Gasteiger partial charge in [0.2, 0.25) is 0 Å². The van der Waals surface area contributed by atoms with Crippen molar-refractivity contribution in [3.8, 4) is 12.3 Å². The summed E-state index contributed by atoms with van der Waals surface area (Å²) in [7, 11) is 0. The lowest BCUT2D eigenvalue weighted by molar-refractivity contribution is 0.218. The van der Waals surface area contributed by atoms with Crippen LogP contribution in [0.1, 0.15) is 12.8 Å². The Labute approximate surface area is 66.5 Å². The first-order chi connectivity index (χ1) is 5.35. The highest BCUT2D eigenvalue weighted by atomic mass is 15.4. The molecule has 0 N–H and O–H groups in total. The van der Waals surface area contributed by atoms with Gasteiger partial charge in [0, 0.05) is 25.9 Å². The van der Waals surface area contributed by atoms with Crippen LogP contribution in [0.25, 0.3) is 0 Å². The molecule has 0 saturated carbocycles. The molecule has 2 heterocycles. The Balaban J connectivity index is 1.81. The van der Waals surface area contributed by atoms with Crippen LogP contribution in [0, 0.1) is 12.3 Å². The predicted octanol–water partition coefficient (Wildman–Crippen LogP) is 0.878. The van der Waals surface area contributed by atoms with Gasteiger partial charge in [0.1, 0.15) is 0 Å². The molecule has 0 atom stereocenters. The number of hydrogen-bond acceptors (Lipinski definition) is 3. The molecule has 0 aromatic rings. The standard InChI is InChI=1S/C8H11N3/c1-2-5-11-6-3-8(4-7-11)9-10-8/h1H,3-7H2. The minimum atomic E-state index is 0.0467. The molecule has 0 radical (unpaired) electrons. The van der Waals surface area contributed by atoms with Gasteiger partial charge in [0.25, 0.3) is 0 Å². The van der Waals surface area contributed by atoms with Crippen LogP contribution in [0.2, 0.25) is 0 Å². The van der Waals surface area contributed by atoms with Crippen LogP contribution in [0.4, 0.5) is 0 Å². The fraction of sp³-hybridized carbons (Fsp3) is 0.750. The molecule has 2 aliphatic rings. The van der Waals surface area contributed by atoms with Crippen LogP contribution >= 0.6 is 0 Å². The molecule has 2 aliphatic heterocycles. The molecule has 58 valence electrons. The summed E-state index contributed by atoms with van der Waals surface area (Å²) in [6.45, 7) is 2.88. The lowest BCUT2D eigenvalue weighted by Gasteiger charge is -2.27. The Hall–Kier alpha value is -0.880. The van der Waals surface area contributed by atoms with E-state index in [0.29, 0.717) is 0 Å². The van der Waals surface area contributed by atoms with Crippen LogP contribution in [0.5, 0.6) is 0 Å². The highest BCUT2D eigenvalue weighted by Crippen LogP contribution is 2.38. The van der Waals surface area contributed by atoms with Gasteiger partial charge in [-0.2, -0.15) is 10.2 Å². The van der Waals surface area contributed by atoms with E-state index in [-0.39, 0.29) is 5.66 Å². The van der Waals surface area contributed by atoms with Crippen molar-refractivity contribution >= 4 is 0 Å². The van der Waals surface area contributed by atoms with Crippen LogP contribution < -0.4 is 0 Å². The van der Waals surface area contributed by atoms with E-state index in [1.165, 1.54) is 0 Å². The van der Waals surface area contributed by atoms with Gasteiger partial charge in [-0.25, -0.2) is 0 Å². The highest BCUT2D eigenvalue weighted by Gasteiger charge is 2.42. The first-order valence-corrected chi connectivity index (χ1v) is 3.95. The summed E-state index contributed by atoms with van der Waals surface area (Å²) in [4.78, 5) is 2.27. The average molecular weight is 149 g/mol. The highest BCUT2D eigenvalue weighted by molar-refractivity contribution is 4.99. The van der Waals surface area contributed by atoms with E-state index in [2.05, 4.69) is 21.0 Å². The third-order valence-corrected chi connectivity index (χ3v) is 2.35. The van der Waals surface area contributed by atoms with Gasteiger partial charge in [0.05, 0.1) is 6.54 Å². The quantitative estimate of drug-likeness (QED) is 0.508. The topological polar surface area (TPSA) is 28.0 Å². The molecular weight excluding hydrogens is 138 g/mol. The van der Waals surface area contributed by atoms with Crippen LogP contribution in [-0.4, -0.2) is 30.2 Å². The zero-order valence-corrected chi connectivity index (χ0v) is 6.45. The molecule has 0 aliphatic carbocycles. The molecule has 1 saturated heterocycles. The Morgan fingerprint density at radius 3 is 2.45 bits per heavy atom. The van der Waals surface area contributed by atoms with Crippen molar-refractivity contribution in [1.82, 2.24) is 4.90 Å². The second kappa shape index (κ2) is 2.31. The molecule has 0 amide bonds. The Bertz CT molecular complexity index is 210. The van der Waals surface area contributed by atoms with E-state index in [9.17, 15) is 0 Å². The number of nitrogens with zero attached hydrogens (tertiary/aromatic N) is 3.